The monoisotopic (exact) mass is 282 g/mol. The molecule has 0 fully saturated rings. The zero-order valence-electron chi connectivity index (χ0n) is 9.91. The second-order valence-corrected chi connectivity index (χ2v) is 7.15. The van der Waals surface area contributed by atoms with Crippen LogP contribution in [-0.2, 0) is 16.6 Å². The van der Waals surface area contributed by atoms with Crippen LogP contribution < -0.4 is 5.73 Å². The molecule has 2 aromatic rings. The fourth-order valence-electron chi connectivity index (χ4n) is 1.53. The lowest BCUT2D eigenvalue weighted by Gasteiger charge is -2.16. The van der Waals surface area contributed by atoms with E-state index < -0.39 is 10.0 Å². The third kappa shape index (κ3) is 2.72. The number of rotatable bonds is 4. The number of sulfonamides is 1. The Balaban J connectivity index is 2.17. The molecular weight excluding hydrogens is 268 g/mol. The van der Waals surface area contributed by atoms with E-state index in [0.717, 1.165) is 5.56 Å². The van der Waals surface area contributed by atoms with Crippen LogP contribution in [0.4, 0.5) is 5.69 Å². The zero-order valence-corrected chi connectivity index (χ0v) is 11.5. The highest BCUT2D eigenvalue weighted by molar-refractivity contribution is 7.91. The number of nitrogens with zero attached hydrogens (tertiary/aromatic N) is 1. The lowest BCUT2D eigenvalue weighted by molar-refractivity contribution is 0.468. The Kier molecular flexibility index (Phi) is 3.70. The van der Waals surface area contributed by atoms with Crippen molar-refractivity contribution >= 4 is 27.0 Å². The summed E-state index contributed by atoms with van der Waals surface area (Å²) in [5.74, 6) is 0. The van der Waals surface area contributed by atoms with Crippen LogP contribution in [0, 0.1) is 0 Å². The van der Waals surface area contributed by atoms with E-state index >= 15 is 0 Å². The molecule has 1 heterocycles. The Labute approximate surface area is 111 Å². The first-order chi connectivity index (χ1) is 8.50. The van der Waals surface area contributed by atoms with Gasteiger partial charge in [-0.2, -0.15) is 4.31 Å². The van der Waals surface area contributed by atoms with Crippen molar-refractivity contribution in [3.8, 4) is 0 Å². The largest absolute Gasteiger partial charge is 0.399 e. The quantitative estimate of drug-likeness (QED) is 0.874. The van der Waals surface area contributed by atoms with Gasteiger partial charge in [0.15, 0.2) is 0 Å². The minimum Gasteiger partial charge on any atom is -0.399 e. The standard InChI is InChI=1S/C12H14N2O2S2/c1-14(9-10-4-6-11(13)7-5-10)18(15,16)12-3-2-8-17-12/h2-8H,9,13H2,1H3. The summed E-state index contributed by atoms with van der Waals surface area (Å²) in [7, 11) is -1.81. The Morgan fingerprint density at radius 1 is 1.22 bits per heavy atom. The summed E-state index contributed by atoms with van der Waals surface area (Å²) >= 11 is 1.22. The van der Waals surface area contributed by atoms with Gasteiger partial charge in [-0.1, -0.05) is 18.2 Å². The highest BCUT2D eigenvalue weighted by atomic mass is 32.2. The van der Waals surface area contributed by atoms with Gasteiger partial charge in [0.2, 0.25) is 0 Å². The normalized spacial score (nSPS) is 11.9. The fourth-order valence-corrected chi connectivity index (χ4v) is 3.89. The molecule has 0 saturated heterocycles. The minimum atomic E-state index is -3.38. The van der Waals surface area contributed by atoms with Crippen molar-refractivity contribution < 1.29 is 8.42 Å². The van der Waals surface area contributed by atoms with E-state index in [1.54, 1.807) is 36.7 Å². The van der Waals surface area contributed by atoms with Gasteiger partial charge in [-0.3, -0.25) is 0 Å². The molecule has 2 N–H and O–H groups in total. The summed E-state index contributed by atoms with van der Waals surface area (Å²) < 4.78 is 26.1. The fraction of sp³-hybridized carbons (Fsp3) is 0.167. The Hall–Kier alpha value is -1.37. The van der Waals surface area contributed by atoms with Crippen LogP contribution in [0.25, 0.3) is 0 Å². The number of anilines is 1. The first-order valence-electron chi connectivity index (χ1n) is 5.34. The molecular formula is C12H14N2O2S2. The molecule has 0 aliphatic heterocycles. The molecule has 0 spiro atoms. The molecule has 96 valence electrons. The predicted octanol–water partition coefficient (Wildman–Crippen LogP) is 2.15. The van der Waals surface area contributed by atoms with Crippen LogP contribution in [0.1, 0.15) is 5.56 Å². The van der Waals surface area contributed by atoms with E-state index in [2.05, 4.69) is 0 Å². The zero-order chi connectivity index (χ0) is 13.2. The van der Waals surface area contributed by atoms with Crippen LogP contribution in [0.3, 0.4) is 0 Å². The van der Waals surface area contributed by atoms with Gasteiger partial charge in [0.1, 0.15) is 4.21 Å². The maximum absolute atomic E-state index is 12.2. The highest BCUT2D eigenvalue weighted by Crippen LogP contribution is 2.21. The first kappa shape index (κ1) is 13.1. The van der Waals surface area contributed by atoms with Gasteiger partial charge in [0.25, 0.3) is 10.0 Å². The maximum atomic E-state index is 12.2. The van der Waals surface area contributed by atoms with Crippen molar-refractivity contribution in [2.45, 2.75) is 10.8 Å². The number of nitrogen functional groups attached to an aromatic ring is 1. The lowest BCUT2D eigenvalue weighted by Crippen LogP contribution is -2.25. The molecule has 4 nitrogen and oxygen atoms in total. The molecule has 1 aromatic heterocycles. The first-order valence-corrected chi connectivity index (χ1v) is 7.66. The van der Waals surface area contributed by atoms with E-state index in [1.165, 1.54) is 15.6 Å². The predicted molar refractivity (Wildman–Crippen MR) is 73.8 cm³/mol. The minimum absolute atomic E-state index is 0.334. The summed E-state index contributed by atoms with van der Waals surface area (Å²) in [5.41, 5.74) is 7.17. The summed E-state index contributed by atoms with van der Waals surface area (Å²) in [6, 6.07) is 10.5. The van der Waals surface area contributed by atoms with Crippen LogP contribution in [0.5, 0.6) is 0 Å². The molecule has 1 aromatic carbocycles. The summed E-state index contributed by atoms with van der Waals surface area (Å²) in [4.78, 5) is 0. The third-order valence-electron chi connectivity index (χ3n) is 2.54. The Morgan fingerprint density at radius 3 is 2.44 bits per heavy atom. The second kappa shape index (κ2) is 5.09. The number of benzene rings is 1. The SMILES string of the molecule is CN(Cc1ccc(N)cc1)S(=O)(=O)c1cccs1. The molecule has 2 rings (SSSR count). The van der Waals surface area contributed by atoms with Gasteiger partial charge in [-0.25, -0.2) is 8.42 Å². The van der Waals surface area contributed by atoms with Gasteiger partial charge in [0.05, 0.1) is 0 Å². The number of hydrogen-bond acceptors (Lipinski definition) is 4. The lowest BCUT2D eigenvalue weighted by atomic mass is 10.2. The molecule has 0 saturated carbocycles. The van der Waals surface area contributed by atoms with E-state index in [-0.39, 0.29) is 0 Å². The van der Waals surface area contributed by atoms with Crippen molar-refractivity contribution in [1.29, 1.82) is 0 Å². The van der Waals surface area contributed by atoms with Gasteiger partial charge >= 0.3 is 0 Å². The van der Waals surface area contributed by atoms with Crippen LogP contribution in [0.2, 0.25) is 0 Å². The number of nitrogens with two attached hydrogens (primary N) is 1. The van der Waals surface area contributed by atoms with Crippen LogP contribution >= 0.6 is 11.3 Å². The van der Waals surface area contributed by atoms with E-state index in [4.69, 9.17) is 5.73 Å². The van der Waals surface area contributed by atoms with Crippen LogP contribution in [0.15, 0.2) is 46.0 Å². The van der Waals surface area contributed by atoms with Gasteiger partial charge in [-0.15, -0.1) is 11.3 Å². The van der Waals surface area contributed by atoms with Crippen molar-refractivity contribution in [1.82, 2.24) is 4.31 Å². The average Bonchev–Trinajstić information content (AvgIpc) is 2.86. The van der Waals surface area contributed by atoms with Crippen LogP contribution in [-0.4, -0.2) is 19.8 Å². The van der Waals surface area contributed by atoms with E-state index in [0.29, 0.717) is 16.4 Å². The summed E-state index contributed by atoms with van der Waals surface area (Å²) in [5, 5.41) is 1.75. The van der Waals surface area contributed by atoms with Crippen molar-refractivity contribution in [2.75, 3.05) is 12.8 Å². The van der Waals surface area contributed by atoms with Crippen molar-refractivity contribution in [3.05, 3.63) is 47.3 Å². The average molecular weight is 282 g/mol. The molecule has 0 atom stereocenters. The second-order valence-electron chi connectivity index (χ2n) is 3.93. The molecule has 0 radical (unpaired) electrons. The van der Waals surface area contributed by atoms with Crippen molar-refractivity contribution in [2.24, 2.45) is 0 Å². The molecule has 0 amide bonds. The molecule has 18 heavy (non-hydrogen) atoms. The Bertz CT molecular complexity index is 604. The molecule has 0 aliphatic carbocycles. The highest BCUT2D eigenvalue weighted by Gasteiger charge is 2.21. The van der Waals surface area contributed by atoms with Gasteiger partial charge in [0, 0.05) is 19.3 Å². The molecule has 0 unspecified atom stereocenters. The summed E-state index contributed by atoms with van der Waals surface area (Å²) in [6.07, 6.45) is 0. The maximum Gasteiger partial charge on any atom is 0.252 e. The smallest absolute Gasteiger partial charge is 0.252 e. The molecule has 0 aliphatic rings. The summed E-state index contributed by atoms with van der Waals surface area (Å²) in [6.45, 7) is 0.334. The topological polar surface area (TPSA) is 63.4 Å². The van der Waals surface area contributed by atoms with Gasteiger partial charge in [-0.05, 0) is 29.1 Å². The number of thiophene rings is 1. The molecule has 6 heteroatoms. The third-order valence-corrected chi connectivity index (χ3v) is 5.72. The Morgan fingerprint density at radius 2 is 1.89 bits per heavy atom. The van der Waals surface area contributed by atoms with Gasteiger partial charge < -0.3 is 5.73 Å². The van der Waals surface area contributed by atoms with E-state index in [9.17, 15) is 8.42 Å². The molecule has 0 bridgehead atoms. The van der Waals surface area contributed by atoms with E-state index in [1.807, 2.05) is 12.1 Å². The number of hydrogen-bond donors (Lipinski definition) is 1. The van der Waals surface area contributed by atoms with Crippen molar-refractivity contribution in [3.63, 3.8) is 0 Å².